The van der Waals surface area contributed by atoms with Crippen molar-refractivity contribution >= 4 is 15.9 Å². The van der Waals surface area contributed by atoms with Crippen LogP contribution in [0.4, 0.5) is 0 Å². The lowest BCUT2D eigenvalue weighted by Gasteiger charge is -2.46. The van der Waals surface area contributed by atoms with Gasteiger partial charge in [-0.3, -0.25) is 4.79 Å². The maximum absolute atomic E-state index is 11.8. The van der Waals surface area contributed by atoms with Crippen molar-refractivity contribution in [1.29, 1.82) is 0 Å². The number of aliphatic hydroxyl groups excluding tert-OH is 1. The Labute approximate surface area is 90.1 Å². The summed E-state index contributed by atoms with van der Waals surface area (Å²) in [7, 11) is -3.51. The van der Waals surface area contributed by atoms with Crippen molar-refractivity contribution < 1.29 is 18.3 Å². The molecule has 0 saturated carbocycles. The van der Waals surface area contributed by atoms with Crippen LogP contribution in [0.3, 0.4) is 0 Å². The highest BCUT2D eigenvalue weighted by Crippen LogP contribution is 2.37. The van der Waals surface area contributed by atoms with E-state index in [1.54, 1.807) is 6.92 Å². The fourth-order valence-corrected chi connectivity index (χ4v) is 3.46. The first-order chi connectivity index (χ1) is 6.80. The molecule has 0 spiro atoms. The molecule has 0 aromatic rings. The number of carbonyl (C=O) groups is 1. The molecule has 1 aliphatic rings. The first-order valence-electron chi connectivity index (χ1n) is 5.00. The quantitative estimate of drug-likeness (QED) is 0.750. The predicted molar refractivity (Wildman–Crippen MR) is 55.6 cm³/mol. The Hall–Kier alpha value is -0.620. The standard InChI is InChI=1S/C9H17NO4S/c1-4-7(5-6-11)10-8(12)9(2,3)15(10,13)14/h7,11H,4-6H2,1-3H3. The number of sulfonamides is 1. The highest BCUT2D eigenvalue weighted by atomic mass is 32.2. The van der Waals surface area contributed by atoms with E-state index in [2.05, 4.69) is 0 Å². The molecule has 1 unspecified atom stereocenters. The monoisotopic (exact) mass is 235 g/mol. The summed E-state index contributed by atoms with van der Waals surface area (Å²) in [6.07, 6.45) is 0.833. The number of aliphatic hydroxyl groups is 1. The Kier molecular flexibility index (Phi) is 3.11. The van der Waals surface area contributed by atoms with Crippen LogP contribution in [-0.4, -0.2) is 41.1 Å². The molecule has 1 heterocycles. The van der Waals surface area contributed by atoms with Gasteiger partial charge < -0.3 is 5.11 Å². The third-order valence-electron chi connectivity index (χ3n) is 2.88. The second-order valence-corrected chi connectivity index (χ2v) is 6.55. The van der Waals surface area contributed by atoms with Crippen molar-refractivity contribution in [2.75, 3.05) is 6.61 Å². The van der Waals surface area contributed by atoms with Gasteiger partial charge in [-0.1, -0.05) is 6.92 Å². The molecule has 5 nitrogen and oxygen atoms in total. The molecule has 1 aliphatic heterocycles. The molecule has 1 saturated heterocycles. The van der Waals surface area contributed by atoms with Gasteiger partial charge in [-0.15, -0.1) is 0 Å². The maximum Gasteiger partial charge on any atom is 0.259 e. The highest BCUT2D eigenvalue weighted by molar-refractivity contribution is 7.94. The molecule has 1 atom stereocenters. The van der Waals surface area contributed by atoms with Crippen LogP contribution in [0.25, 0.3) is 0 Å². The van der Waals surface area contributed by atoms with E-state index < -0.39 is 20.8 Å². The first kappa shape index (κ1) is 12.4. The average molecular weight is 235 g/mol. The van der Waals surface area contributed by atoms with Crippen molar-refractivity contribution in [1.82, 2.24) is 4.31 Å². The molecule has 0 aliphatic carbocycles. The maximum atomic E-state index is 11.8. The Morgan fingerprint density at radius 2 is 2.00 bits per heavy atom. The molecule has 88 valence electrons. The molecule has 0 bridgehead atoms. The zero-order valence-electron chi connectivity index (χ0n) is 9.23. The summed E-state index contributed by atoms with van der Waals surface area (Å²) in [5.41, 5.74) is 0. The van der Waals surface area contributed by atoms with Crippen molar-refractivity contribution in [3.05, 3.63) is 0 Å². The van der Waals surface area contributed by atoms with Crippen LogP contribution in [0.15, 0.2) is 0 Å². The minimum Gasteiger partial charge on any atom is -0.396 e. The molecule has 0 aromatic carbocycles. The number of carbonyl (C=O) groups excluding carboxylic acids is 1. The second-order valence-electron chi connectivity index (χ2n) is 4.19. The van der Waals surface area contributed by atoms with E-state index >= 15 is 0 Å². The lowest BCUT2D eigenvalue weighted by atomic mass is 10.1. The predicted octanol–water partition coefficient (Wildman–Crippen LogP) is 0.0980. The molecule has 6 heteroatoms. The Morgan fingerprint density at radius 3 is 2.33 bits per heavy atom. The highest BCUT2D eigenvalue weighted by Gasteiger charge is 2.61. The van der Waals surface area contributed by atoms with Gasteiger partial charge >= 0.3 is 0 Å². The van der Waals surface area contributed by atoms with Crippen LogP contribution in [0.5, 0.6) is 0 Å². The summed E-state index contributed by atoms with van der Waals surface area (Å²) in [4.78, 5) is 11.6. The van der Waals surface area contributed by atoms with E-state index in [1.807, 2.05) is 0 Å². The van der Waals surface area contributed by atoms with Crippen LogP contribution in [0.2, 0.25) is 0 Å². The Bertz CT molecular complexity index is 360. The number of amides is 1. The third-order valence-corrected chi connectivity index (χ3v) is 5.33. The van der Waals surface area contributed by atoms with Crippen molar-refractivity contribution in [2.24, 2.45) is 0 Å². The third kappa shape index (κ3) is 1.56. The van der Waals surface area contributed by atoms with Crippen LogP contribution in [0.1, 0.15) is 33.6 Å². The summed E-state index contributed by atoms with van der Waals surface area (Å²) < 4.78 is 23.2. The van der Waals surface area contributed by atoms with E-state index in [-0.39, 0.29) is 12.5 Å². The Balaban J connectivity index is 2.95. The van der Waals surface area contributed by atoms with Crippen molar-refractivity contribution in [3.8, 4) is 0 Å². The summed E-state index contributed by atoms with van der Waals surface area (Å²) in [6.45, 7) is 4.51. The number of hydrogen-bond acceptors (Lipinski definition) is 4. The molecular formula is C9H17NO4S. The van der Waals surface area contributed by atoms with E-state index in [1.165, 1.54) is 13.8 Å². The minimum atomic E-state index is -3.51. The number of hydrogen-bond donors (Lipinski definition) is 1. The SMILES string of the molecule is CCC(CCO)N1C(=O)C(C)(C)S1(=O)=O. The lowest BCUT2D eigenvalue weighted by Crippen LogP contribution is -2.69. The van der Waals surface area contributed by atoms with Gasteiger partial charge in [0.1, 0.15) is 0 Å². The normalized spacial score (nSPS) is 24.8. The van der Waals surface area contributed by atoms with Gasteiger partial charge in [0, 0.05) is 12.6 Å². The lowest BCUT2D eigenvalue weighted by molar-refractivity contribution is -0.134. The van der Waals surface area contributed by atoms with Gasteiger partial charge in [-0.2, -0.15) is 0 Å². The smallest absolute Gasteiger partial charge is 0.259 e. The molecule has 1 rings (SSSR count). The molecule has 0 aromatic heterocycles. The molecule has 1 N–H and O–H groups in total. The fourth-order valence-electron chi connectivity index (χ4n) is 1.69. The summed E-state index contributed by atoms with van der Waals surface area (Å²) >= 11 is 0. The van der Waals surface area contributed by atoms with Gasteiger partial charge in [0.25, 0.3) is 15.9 Å². The van der Waals surface area contributed by atoms with Crippen LogP contribution >= 0.6 is 0 Å². The van der Waals surface area contributed by atoms with Crippen molar-refractivity contribution in [3.63, 3.8) is 0 Å². The number of nitrogens with zero attached hydrogens (tertiary/aromatic N) is 1. The van der Waals surface area contributed by atoms with Gasteiger partial charge in [-0.25, -0.2) is 12.7 Å². The fraction of sp³-hybridized carbons (Fsp3) is 0.889. The topological polar surface area (TPSA) is 74.7 Å². The average Bonchev–Trinajstić information content (AvgIpc) is 2.16. The zero-order chi connectivity index (χ0) is 11.9. The van der Waals surface area contributed by atoms with E-state index in [9.17, 15) is 13.2 Å². The molecule has 1 fully saturated rings. The molecular weight excluding hydrogens is 218 g/mol. The van der Waals surface area contributed by atoms with Gasteiger partial charge in [0.2, 0.25) is 0 Å². The van der Waals surface area contributed by atoms with Crippen LogP contribution < -0.4 is 0 Å². The molecule has 0 radical (unpaired) electrons. The summed E-state index contributed by atoms with van der Waals surface area (Å²) in [6, 6.07) is -0.402. The summed E-state index contributed by atoms with van der Waals surface area (Å²) in [5.74, 6) is -0.372. The largest absolute Gasteiger partial charge is 0.396 e. The van der Waals surface area contributed by atoms with E-state index in [4.69, 9.17) is 5.11 Å². The van der Waals surface area contributed by atoms with Gasteiger partial charge in [0.05, 0.1) is 0 Å². The Morgan fingerprint density at radius 1 is 1.47 bits per heavy atom. The van der Waals surface area contributed by atoms with Crippen LogP contribution in [-0.2, 0) is 14.8 Å². The first-order valence-corrected chi connectivity index (χ1v) is 6.44. The van der Waals surface area contributed by atoms with Crippen LogP contribution in [0, 0.1) is 0 Å². The second kappa shape index (κ2) is 3.75. The van der Waals surface area contributed by atoms with Gasteiger partial charge in [-0.05, 0) is 26.7 Å². The van der Waals surface area contributed by atoms with Gasteiger partial charge in [0.15, 0.2) is 4.75 Å². The summed E-state index contributed by atoms with van der Waals surface area (Å²) in [5, 5.41) is 8.79. The molecule has 1 amide bonds. The van der Waals surface area contributed by atoms with E-state index in [0.717, 1.165) is 4.31 Å². The van der Waals surface area contributed by atoms with Crippen molar-refractivity contribution in [2.45, 2.75) is 44.4 Å². The van der Waals surface area contributed by atoms with E-state index in [0.29, 0.717) is 12.8 Å². The zero-order valence-corrected chi connectivity index (χ0v) is 10.0. The number of rotatable bonds is 4. The molecule has 15 heavy (non-hydrogen) atoms. The minimum absolute atomic E-state index is 0.113.